The Kier molecular flexibility index (Phi) is 4.63. The monoisotopic (exact) mass is 225 g/mol. The van der Waals surface area contributed by atoms with E-state index < -0.39 is 0 Å². The summed E-state index contributed by atoms with van der Waals surface area (Å²) in [5.41, 5.74) is 2.09. The summed E-state index contributed by atoms with van der Waals surface area (Å²) in [7, 11) is 0. The van der Waals surface area contributed by atoms with Crippen LogP contribution in [0, 0.1) is 6.92 Å². The van der Waals surface area contributed by atoms with E-state index in [1.54, 1.807) is 4.90 Å². The molecule has 15 heavy (non-hydrogen) atoms. The first-order valence-electron chi connectivity index (χ1n) is 5.12. The van der Waals surface area contributed by atoms with Gasteiger partial charge in [-0.2, -0.15) is 0 Å². The maximum atomic E-state index is 11.8. The summed E-state index contributed by atoms with van der Waals surface area (Å²) in [6, 6.07) is 7.88. The first kappa shape index (κ1) is 12.1. The molecule has 0 saturated heterocycles. The van der Waals surface area contributed by atoms with Crippen molar-refractivity contribution in [1.82, 2.24) is 0 Å². The van der Waals surface area contributed by atoms with Gasteiger partial charge in [0.1, 0.15) is 0 Å². The van der Waals surface area contributed by atoms with Gasteiger partial charge in [0.25, 0.3) is 0 Å². The number of halogens is 1. The van der Waals surface area contributed by atoms with Crippen molar-refractivity contribution in [3.8, 4) is 0 Å². The second kappa shape index (κ2) is 5.76. The molecule has 0 aliphatic rings. The molecule has 1 aromatic rings. The molecule has 0 atom stereocenters. The number of hydrogen-bond acceptors (Lipinski definition) is 1. The first-order chi connectivity index (χ1) is 7.20. The third kappa shape index (κ3) is 2.96. The molecule has 0 saturated carbocycles. The van der Waals surface area contributed by atoms with Gasteiger partial charge < -0.3 is 4.90 Å². The van der Waals surface area contributed by atoms with Gasteiger partial charge in [-0.1, -0.05) is 18.2 Å². The first-order valence-corrected chi connectivity index (χ1v) is 5.66. The van der Waals surface area contributed by atoms with Crippen LogP contribution in [0.15, 0.2) is 24.3 Å². The van der Waals surface area contributed by atoms with E-state index >= 15 is 0 Å². The van der Waals surface area contributed by atoms with Crippen LogP contribution < -0.4 is 4.90 Å². The molecule has 0 fully saturated rings. The summed E-state index contributed by atoms with van der Waals surface area (Å²) in [6.45, 7) is 4.66. The lowest BCUT2D eigenvalue weighted by Crippen LogP contribution is -2.31. The van der Waals surface area contributed by atoms with Gasteiger partial charge in [-0.25, -0.2) is 0 Å². The number of hydrogen-bond donors (Lipinski definition) is 0. The quantitative estimate of drug-likeness (QED) is 0.722. The Bertz CT molecular complexity index is 338. The van der Waals surface area contributed by atoms with Crippen LogP contribution in [0.1, 0.15) is 18.9 Å². The van der Waals surface area contributed by atoms with Gasteiger partial charge in [-0.15, -0.1) is 11.6 Å². The average molecular weight is 226 g/mol. The zero-order chi connectivity index (χ0) is 11.3. The number of anilines is 1. The van der Waals surface area contributed by atoms with Crippen molar-refractivity contribution in [3.63, 3.8) is 0 Å². The summed E-state index contributed by atoms with van der Waals surface area (Å²) >= 11 is 5.58. The minimum atomic E-state index is 0.0850. The molecule has 0 aromatic heterocycles. The Balaban J connectivity index is 2.92. The lowest BCUT2D eigenvalue weighted by molar-refractivity contribution is -0.118. The maximum absolute atomic E-state index is 11.8. The van der Waals surface area contributed by atoms with E-state index in [2.05, 4.69) is 0 Å². The van der Waals surface area contributed by atoms with Crippen molar-refractivity contribution >= 4 is 23.2 Å². The van der Waals surface area contributed by atoms with Crippen molar-refractivity contribution in [2.75, 3.05) is 17.3 Å². The number of para-hydroxylation sites is 1. The third-order valence-electron chi connectivity index (χ3n) is 2.33. The van der Waals surface area contributed by atoms with Crippen LogP contribution in [0.4, 0.5) is 5.69 Å². The number of aryl methyl sites for hydroxylation is 1. The minimum Gasteiger partial charge on any atom is -0.312 e. The summed E-state index contributed by atoms with van der Waals surface area (Å²) in [5.74, 6) is 0.461. The fourth-order valence-corrected chi connectivity index (χ4v) is 1.72. The Morgan fingerprint density at radius 1 is 1.40 bits per heavy atom. The Morgan fingerprint density at radius 3 is 2.60 bits per heavy atom. The molecule has 1 aromatic carbocycles. The molecule has 1 amide bonds. The van der Waals surface area contributed by atoms with E-state index in [1.807, 2.05) is 38.1 Å². The smallest absolute Gasteiger partial charge is 0.228 e. The number of carbonyl (C=O) groups is 1. The number of rotatable bonds is 4. The molecular weight excluding hydrogens is 210 g/mol. The van der Waals surface area contributed by atoms with Gasteiger partial charge in [-0.3, -0.25) is 4.79 Å². The number of nitrogens with zero attached hydrogens (tertiary/aromatic N) is 1. The highest BCUT2D eigenvalue weighted by atomic mass is 35.5. The highest BCUT2D eigenvalue weighted by Crippen LogP contribution is 2.19. The van der Waals surface area contributed by atoms with Gasteiger partial charge in [-0.05, 0) is 25.5 Å². The van der Waals surface area contributed by atoms with Crippen molar-refractivity contribution in [2.45, 2.75) is 20.3 Å². The summed E-state index contributed by atoms with van der Waals surface area (Å²) in [6.07, 6.45) is 0.393. The molecule has 82 valence electrons. The van der Waals surface area contributed by atoms with E-state index in [4.69, 9.17) is 11.6 Å². The maximum Gasteiger partial charge on any atom is 0.228 e. The summed E-state index contributed by atoms with van der Waals surface area (Å²) in [5, 5.41) is 0. The highest BCUT2D eigenvalue weighted by molar-refractivity contribution is 6.19. The van der Waals surface area contributed by atoms with Crippen molar-refractivity contribution in [1.29, 1.82) is 0 Å². The SMILES string of the molecule is CCN(C(=O)CCCl)c1ccccc1C. The van der Waals surface area contributed by atoms with E-state index in [-0.39, 0.29) is 5.91 Å². The van der Waals surface area contributed by atoms with Crippen LogP contribution in [0.2, 0.25) is 0 Å². The molecule has 0 bridgehead atoms. The molecule has 0 unspecified atom stereocenters. The fraction of sp³-hybridized carbons (Fsp3) is 0.417. The van der Waals surface area contributed by atoms with Gasteiger partial charge in [0, 0.05) is 24.5 Å². The largest absolute Gasteiger partial charge is 0.312 e. The van der Waals surface area contributed by atoms with E-state index in [0.717, 1.165) is 11.3 Å². The van der Waals surface area contributed by atoms with Crippen LogP contribution in [0.3, 0.4) is 0 Å². The van der Waals surface area contributed by atoms with Crippen LogP contribution in [-0.2, 0) is 4.79 Å². The van der Waals surface area contributed by atoms with Crippen molar-refractivity contribution in [2.24, 2.45) is 0 Å². The Labute approximate surface area is 95.8 Å². The number of alkyl halides is 1. The van der Waals surface area contributed by atoms with Gasteiger partial charge in [0.05, 0.1) is 0 Å². The molecule has 0 aliphatic heterocycles. The second-order valence-electron chi connectivity index (χ2n) is 3.36. The molecule has 1 rings (SSSR count). The molecular formula is C12H16ClNO. The zero-order valence-electron chi connectivity index (χ0n) is 9.16. The van der Waals surface area contributed by atoms with Crippen LogP contribution in [-0.4, -0.2) is 18.3 Å². The summed E-state index contributed by atoms with van der Waals surface area (Å²) in [4.78, 5) is 13.5. The van der Waals surface area contributed by atoms with Crippen molar-refractivity contribution in [3.05, 3.63) is 29.8 Å². The molecule has 0 N–H and O–H groups in total. The van der Waals surface area contributed by atoms with Crippen LogP contribution in [0.25, 0.3) is 0 Å². The normalized spacial score (nSPS) is 10.1. The van der Waals surface area contributed by atoms with E-state index in [1.165, 1.54) is 0 Å². The Hall–Kier alpha value is -1.02. The second-order valence-corrected chi connectivity index (χ2v) is 3.74. The molecule has 0 aliphatic carbocycles. The molecule has 0 radical (unpaired) electrons. The molecule has 3 heteroatoms. The van der Waals surface area contributed by atoms with Gasteiger partial charge in [0.15, 0.2) is 0 Å². The van der Waals surface area contributed by atoms with Crippen LogP contribution in [0.5, 0.6) is 0 Å². The number of amides is 1. The van der Waals surface area contributed by atoms with E-state index in [0.29, 0.717) is 18.8 Å². The standard InChI is InChI=1S/C12H16ClNO/c1-3-14(12(15)8-9-13)11-7-5-4-6-10(11)2/h4-7H,3,8-9H2,1-2H3. The molecule has 0 spiro atoms. The molecule has 2 nitrogen and oxygen atoms in total. The lowest BCUT2D eigenvalue weighted by Gasteiger charge is -2.22. The fourth-order valence-electron chi connectivity index (χ4n) is 1.56. The van der Waals surface area contributed by atoms with Crippen LogP contribution >= 0.6 is 11.6 Å². The predicted molar refractivity (Wildman–Crippen MR) is 64.5 cm³/mol. The molecule has 0 heterocycles. The highest BCUT2D eigenvalue weighted by Gasteiger charge is 2.14. The number of carbonyl (C=O) groups excluding carboxylic acids is 1. The zero-order valence-corrected chi connectivity index (χ0v) is 9.92. The van der Waals surface area contributed by atoms with Gasteiger partial charge in [0.2, 0.25) is 5.91 Å². The Morgan fingerprint density at radius 2 is 2.07 bits per heavy atom. The number of benzene rings is 1. The third-order valence-corrected chi connectivity index (χ3v) is 2.52. The predicted octanol–water partition coefficient (Wildman–Crippen LogP) is 2.98. The van der Waals surface area contributed by atoms with Gasteiger partial charge >= 0.3 is 0 Å². The summed E-state index contributed by atoms with van der Waals surface area (Å²) < 4.78 is 0. The minimum absolute atomic E-state index is 0.0850. The topological polar surface area (TPSA) is 20.3 Å². The van der Waals surface area contributed by atoms with Crippen molar-refractivity contribution < 1.29 is 4.79 Å². The lowest BCUT2D eigenvalue weighted by atomic mass is 10.1. The van der Waals surface area contributed by atoms with E-state index in [9.17, 15) is 4.79 Å². The average Bonchev–Trinajstić information content (AvgIpc) is 2.22.